The number of hydrogen-bond donors (Lipinski definition) is 0. The van der Waals surface area contributed by atoms with Gasteiger partial charge in [-0.15, -0.1) is 0 Å². The molecule has 2 aliphatic heterocycles. The van der Waals surface area contributed by atoms with Gasteiger partial charge in [-0.3, -0.25) is 0 Å². The number of halogens is 1. The van der Waals surface area contributed by atoms with Gasteiger partial charge in [0.15, 0.2) is 11.3 Å². The molecule has 0 saturated carbocycles. The summed E-state index contributed by atoms with van der Waals surface area (Å²) in [6.07, 6.45) is 10.6. The smallest absolute Gasteiger partial charge is 0.172 e. The summed E-state index contributed by atoms with van der Waals surface area (Å²) in [5, 5.41) is 29.5. The van der Waals surface area contributed by atoms with E-state index in [1.54, 1.807) is 11.8 Å². The summed E-state index contributed by atoms with van der Waals surface area (Å²) in [6.45, 7) is 16.1. The fourth-order valence-corrected chi connectivity index (χ4v) is 8.91. The molecule has 272 valence electrons. The summed E-state index contributed by atoms with van der Waals surface area (Å²) in [5.41, 5.74) is 7.09. The van der Waals surface area contributed by atoms with Gasteiger partial charge in [0.05, 0.1) is 0 Å². The third-order valence-corrected chi connectivity index (χ3v) is 12.5. The molecule has 0 N–H and O–H groups in total. The summed E-state index contributed by atoms with van der Waals surface area (Å²) in [5.74, 6) is 0.399. The molecule has 5 nitrogen and oxygen atoms in total. The van der Waals surface area contributed by atoms with Crippen LogP contribution in [0.4, 0.5) is 5.69 Å². The molecular weight excluding hydrogens is 749 g/mol. The number of rotatable bonds is 7. The van der Waals surface area contributed by atoms with Gasteiger partial charge in [0.2, 0.25) is 0 Å². The standard InChI is InChI=1S/C47H45BrN4OS/c1-45(2,3)35-25-32(17-23-39-38(29-51)43(34(27-49)28-50)53-47(39,6)7)44(54-37-21-19-36(48)20-22-37)33(26-35)18-24-42-46(4,5)40-15-11-12-16-41(40)52(42)30-31-13-9-8-10-14-31/h8-24,35H,25-26,30H2,1-7H3/b23-17+,33-18+,42-24-. The molecule has 0 spiro atoms. The van der Waals surface area contributed by atoms with Crippen molar-refractivity contribution in [2.75, 3.05) is 4.90 Å². The Balaban J connectivity index is 1.54. The third-order valence-electron chi connectivity index (χ3n) is 10.7. The first-order valence-corrected chi connectivity index (χ1v) is 19.8. The van der Waals surface area contributed by atoms with Crippen molar-refractivity contribution in [1.82, 2.24) is 0 Å². The molecule has 7 heteroatoms. The van der Waals surface area contributed by atoms with Crippen molar-refractivity contribution in [3.05, 3.63) is 163 Å². The van der Waals surface area contributed by atoms with Crippen molar-refractivity contribution in [2.24, 2.45) is 11.3 Å². The molecule has 0 amide bonds. The van der Waals surface area contributed by atoms with E-state index < -0.39 is 5.60 Å². The van der Waals surface area contributed by atoms with E-state index in [1.807, 2.05) is 32.1 Å². The van der Waals surface area contributed by atoms with E-state index in [4.69, 9.17) is 4.74 Å². The van der Waals surface area contributed by atoms with Crippen LogP contribution in [-0.2, 0) is 16.7 Å². The normalized spacial score (nSPS) is 20.6. The lowest BCUT2D eigenvalue weighted by molar-refractivity contribution is 0.0954. The van der Waals surface area contributed by atoms with E-state index in [2.05, 4.69) is 159 Å². The second kappa shape index (κ2) is 15.4. The van der Waals surface area contributed by atoms with Crippen LogP contribution in [-0.4, -0.2) is 5.60 Å². The highest BCUT2D eigenvalue weighted by molar-refractivity contribution is 9.10. The zero-order valence-corrected chi connectivity index (χ0v) is 34.4. The number of hydrogen-bond acceptors (Lipinski definition) is 6. The number of allylic oxidation sites excluding steroid dienone is 8. The quantitative estimate of drug-likeness (QED) is 0.222. The van der Waals surface area contributed by atoms with Gasteiger partial charge in [-0.1, -0.05) is 129 Å². The largest absolute Gasteiger partial charge is 0.480 e. The fraction of sp³-hybridized carbons (Fsp3) is 0.298. The first kappa shape index (κ1) is 38.7. The molecule has 1 aliphatic carbocycles. The number of para-hydroxylation sites is 1. The van der Waals surface area contributed by atoms with Crippen molar-refractivity contribution in [2.45, 2.75) is 83.8 Å². The van der Waals surface area contributed by atoms with E-state index in [0.29, 0.717) is 11.5 Å². The number of nitrogens with zero attached hydrogens (tertiary/aromatic N) is 4. The molecule has 1 atom stereocenters. The predicted octanol–water partition coefficient (Wildman–Crippen LogP) is 12.5. The zero-order valence-electron chi connectivity index (χ0n) is 32.0. The molecule has 0 aromatic heterocycles. The highest BCUT2D eigenvalue weighted by Crippen LogP contribution is 2.51. The van der Waals surface area contributed by atoms with E-state index in [9.17, 15) is 15.8 Å². The van der Waals surface area contributed by atoms with E-state index >= 15 is 0 Å². The number of fused-ring (bicyclic) bond motifs is 1. The lowest BCUT2D eigenvalue weighted by Crippen LogP contribution is -2.26. The first-order chi connectivity index (χ1) is 25.7. The monoisotopic (exact) mass is 792 g/mol. The fourth-order valence-electron chi connectivity index (χ4n) is 7.57. The van der Waals surface area contributed by atoms with E-state index in [1.165, 1.54) is 38.6 Å². The molecule has 3 aromatic rings. The third kappa shape index (κ3) is 7.79. The van der Waals surface area contributed by atoms with Crippen molar-refractivity contribution >= 4 is 33.4 Å². The number of nitriles is 3. The maximum absolute atomic E-state index is 10.3. The zero-order chi connectivity index (χ0) is 38.8. The average molecular weight is 794 g/mol. The van der Waals surface area contributed by atoms with Crippen LogP contribution < -0.4 is 4.90 Å². The van der Waals surface area contributed by atoms with Gasteiger partial charge < -0.3 is 9.64 Å². The molecule has 1 unspecified atom stereocenters. The van der Waals surface area contributed by atoms with Crippen LogP contribution in [0.3, 0.4) is 0 Å². The average Bonchev–Trinajstić information content (AvgIpc) is 3.52. The van der Waals surface area contributed by atoms with Crippen LogP contribution in [0.15, 0.2) is 157 Å². The first-order valence-electron chi connectivity index (χ1n) is 18.2. The summed E-state index contributed by atoms with van der Waals surface area (Å²) in [7, 11) is 0. The Kier molecular flexibility index (Phi) is 11.0. The summed E-state index contributed by atoms with van der Waals surface area (Å²) in [6, 6.07) is 33.9. The second-order valence-electron chi connectivity index (χ2n) is 16.1. The second-order valence-corrected chi connectivity index (χ2v) is 18.1. The van der Waals surface area contributed by atoms with Crippen molar-refractivity contribution in [3.63, 3.8) is 0 Å². The molecule has 0 bridgehead atoms. The SMILES string of the molecule is CC1(C)OC(=C(C#N)C#N)C(C#N)=C1/C=C/C1=C(Sc2ccc(Br)cc2)C(=C/C=C2\N(Cc3ccccc3)c3ccccc3C2(C)C)/CC(C(C)(C)C)C1. The summed E-state index contributed by atoms with van der Waals surface area (Å²) in [4.78, 5) is 4.79. The Morgan fingerprint density at radius 3 is 2.20 bits per heavy atom. The highest BCUT2D eigenvalue weighted by Gasteiger charge is 2.41. The van der Waals surface area contributed by atoms with Crippen LogP contribution in [0.1, 0.15) is 72.4 Å². The van der Waals surface area contributed by atoms with Gasteiger partial charge >= 0.3 is 0 Å². The van der Waals surface area contributed by atoms with Crippen LogP contribution in [0.25, 0.3) is 0 Å². The van der Waals surface area contributed by atoms with Crippen LogP contribution >= 0.6 is 27.7 Å². The highest BCUT2D eigenvalue weighted by atomic mass is 79.9. The predicted molar refractivity (Wildman–Crippen MR) is 223 cm³/mol. The van der Waals surface area contributed by atoms with Crippen LogP contribution in [0.5, 0.6) is 0 Å². The van der Waals surface area contributed by atoms with E-state index in [0.717, 1.165) is 28.8 Å². The Morgan fingerprint density at radius 1 is 0.889 bits per heavy atom. The molecule has 0 saturated heterocycles. The molecule has 0 fully saturated rings. The summed E-state index contributed by atoms with van der Waals surface area (Å²) >= 11 is 5.37. The van der Waals surface area contributed by atoms with Crippen LogP contribution in [0.2, 0.25) is 0 Å². The van der Waals surface area contributed by atoms with Crippen molar-refractivity contribution in [3.8, 4) is 18.2 Å². The topological polar surface area (TPSA) is 83.8 Å². The number of thioether (sulfide) groups is 1. The Morgan fingerprint density at radius 2 is 1.56 bits per heavy atom. The van der Waals surface area contributed by atoms with Gasteiger partial charge in [0, 0.05) is 43.2 Å². The Hall–Kier alpha value is -5.00. The van der Waals surface area contributed by atoms with Crippen molar-refractivity contribution < 1.29 is 4.74 Å². The minimum absolute atomic E-state index is 0.0264. The molecule has 3 aliphatic rings. The molecule has 2 heterocycles. The molecular formula is C47H45BrN4OS. The van der Waals surface area contributed by atoms with E-state index in [-0.39, 0.29) is 27.7 Å². The van der Waals surface area contributed by atoms with Gasteiger partial charge in [-0.2, -0.15) is 15.8 Å². The minimum Gasteiger partial charge on any atom is -0.480 e. The van der Waals surface area contributed by atoms with Gasteiger partial charge in [-0.25, -0.2) is 0 Å². The Bertz CT molecular complexity index is 2260. The molecule has 3 aromatic carbocycles. The van der Waals surface area contributed by atoms with Crippen molar-refractivity contribution in [1.29, 1.82) is 15.8 Å². The lowest BCUT2D eigenvalue weighted by atomic mass is 9.70. The summed E-state index contributed by atoms with van der Waals surface area (Å²) < 4.78 is 7.14. The molecule has 0 radical (unpaired) electrons. The van der Waals surface area contributed by atoms with Gasteiger partial charge in [-0.05, 0) is 96.7 Å². The van der Waals surface area contributed by atoms with Gasteiger partial charge in [0.25, 0.3) is 0 Å². The van der Waals surface area contributed by atoms with Crippen LogP contribution in [0, 0.1) is 45.3 Å². The molecule has 54 heavy (non-hydrogen) atoms. The maximum Gasteiger partial charge on any atom is 0.172 e. The number of benzene rings is 3. The molecule has 6 rings (SSSR count). The lowest BCUT2D eigenvalue weighted by Gasteiger charge is -2.37. The minimum atomic E-state index is -0.901. The van der Waals surface area contributed by atoms with Gasteiger partial charge in [0.1, 0.15) is 29.4 Å². The Labute approximate surface area is 333 Å². The maximum atomic E-state index is 10.3. The number of ether oxygens (including phenoxy) is 1. The number of anilines is 1.